The van der Waals surface area contributed by atoms with Gasteiger partial charge in [-0.2, -0.15) is 5.10 Å². The van der Waals surface area contributed by atoms with Crippen LogP contribution in [0, 0.1) is 0 Å². The molecule has 2 aromatic carbocycles. The second-order valence-electron chi connectivity index (χ2n) is 5.35. The zero-order valence-corrected chi connectivity index (χ0v) is 13.2. The molecule has 0 atom stereocenters. The van der Waals surface area contributed by atoms with Crippen molar-refractivity contribution in [1.29, 1.82) is 0 Å². The van der Waals surface area contributed by atoms with Gasteiger partial charge < -0.3 is 0 Å². The first-order valence-corrected chi connectivity index (χ1v) is 7.58. The predicted molar refractivity (Wildman–Crippen MR) is 90.2 cm³/mol. The Morgan fingerprint density at radius 3 is 2.58 bits per heavy atom. The third-order valence-electron chi connectivity index (χ3n) is 3.75. The SMILES string of the molecule is O=C(NNC(=O)c1cccc2cn[nH]c12)c1ccc(-n2cnnn2)cc1. The zero-order valence-electron chi connectivity index (χ0n) is 13.2. The minimum Gasteiger partial charge on any atom is -0.277 e. The van der Waals surface area contributed by atoms with Gasteiger partial charge in [0.1, 0.15) is 6.33 Å². The fourth-order valence-corrected chi connectivity index (χ4v) is 2.46. The van der Waals surface area contributed by atoms with Crippen molar-refractivity contribution in [2.75, 3.05) is 0 Å². The fraction of sp³-hybridized carbons (Fsp3) is 0. The van der Waals surface area contributed by atoms with Crippen molar-refractivity contribution in [2.24, 2.45) is 0 Å². The van der Waals surface area contributed by atoms with Crippen LogP contribution in [0.15, 0.2) is 55.0 Å². The van der Waals surface area contributed by atoms with Gasteiger partial charge in [-0.05, 0) is 40.8 Å². The number of H-pyrrole nitrogens is 1. The molecule has 0 bridgehead atoms. The molecule has 128 valence electrons. The summed E-state index contributed by atoms with van der Waals surface area (Å²) in [6.07, 6.45) is 3.07. The van der Waals surface area contributed by atoms with Crippen LogP contribution in [0.2, 0.25) is 0 Å². The minimum absolute atomic E-state index is 0.377. The number of tetrazole rings is 1. The number of hydrogen-bond donors (Lipinski definition) is 3. The van der Waals surface area contributed by atoms with Gasteiger partial charge in [-0.15, -0.1) is 5.10 Å². The molecule has 0 saturated heterocycles. The van der Waals surface area contributed by atoms with Gasteiger partial charge in [0, 0.05) is 10.9 Å². The van der Waals surface area contributed by atoms with Gasteiger partial charge in [0.15, 0.2) is 0 Å². The molecule has 0 aliphatic rings. The molecule has 4 aromatic rings. The molecule has 0 spiro atoms. The molecule has 2 heterocycles. The Bertz CT molecular complexity index is 1070. The van der Waals surface area contributed by atoms with Crippen molar-refractivity contribution in [1.82, 2.24) is 41.3 Å². The quantitative estimate of drug-likeness (QED) is 0.465. The number of rotatable bonds is 3. The summed E-state index contributed by atoms with van der Waals surface area (Å²) in [5.74, 6) is -0.892. The number of hydrazine groups is 1. The monoisotopic (exact) mass is 348 g/mol. The fourth-order valence-electron chi connectivity index (χ4n) is 2.46. The number of carbonyl (C=O) groups excluding carboxylic acids is 2. The van der Waals surface area contributed by atoms with E-state index in [-0.39, 0.29) is 0 Å². The summed E-state index contributed by atoms with van der Waals surface area (Å²) in [5.41, 5.74) is 6.86. The molecule has 0 fully saturated rings. The highest BCUT2D eigenvalue weighted by atomic mass is 16.2. The lowest BCUT2D eigenvalue weighted by Crippen LogP contribution is -2.41. The number of aromatic amines is 1. The standard InChI is InChI=1S/C16H12N8O2/c25-15(10-4-6-12(7-5-10)24-9-18-22-23-24)20-21-16(26)13-3-1-2-11-8-17-19-14(11)13/h1-9H,(H,17,19)(H,20,25)(H,21,26). The number of carbonyl (C=O) groups is 2. The number of para-hydroxylation sites is 1. The van der Waals surface area contributed by atoms with E-state index in [0.717, 1.165) is 5.39 Å². The highest BCUT2D eigenvalue weighted by Crippen LogP contribution is 2.15. The molecule has 10 nitrogen and oxygen atoms in total. The average molecular weight is 348 g/mol. The Morgan fingerprint density at radius 1 is 1.00 bits per heavy atom. The summed E-state index contributed by atoms with van der Waals surface area (Å²) in [6.45, 7) is 0. The molecule has 0 saturated carbocycles. The van der Waals surface area contributed by atoms with Crippen molar-refractivity contribution >= 4 is 22.7 Å². The maximum Gasteiger partial charge on any atom is 0.271 e. The third kappa shape index (κ3) is 2.86. The maximum atomic E-state index is 12.3. The van der Waals surface area contributed by atoms with E-state index in [4.69, 9.17) is 0 Å². The van der Waals surface area contributed by atoms with Crippen molar-refractivity contribution in [2.45, 2.75) is 0 Å². The van der Waals surface area contributed by atoms with Gasteiger partial charge in [-0.3, -0.25) is 25.5 Å². The summed E-state index contributed by atoms with van der Waals surface area (Å²) in [5, 5.41) is 18.3. The Hall–Kier alpha value is -4.08. The first-order valence-electron chi connectivity index (χ1n) is 7.58. The molecular weight excluding hydrogens is 336 g/mol. The number of hydrogen-bond acceptors (Lipinski definition) is 6. The molecule has 0 aliphatic carbocycles. The van der Waals surface area contributed by atoms with E-state index in [1.54, 1.807) is 42.6 Å². The van der Waals surface area contributed by atoms with E-state index < -0.39 is 11.8 Å². The number of fused-ring (bicyclic) bond motifs is 1. The third-order valence-corrected chi connectivity index (χ3v) is 3.75. The summed E-state index contributed by atoms with van der Waals surface area (Å²) < 4.78 is 1.47. The van der Waals surface area contributed by atoms with Crippen LogP contribution in [0.5, 0.6) is 0 Å². The molecule has 10 heteroatoms. The zero-order chi connectivity index (χ0) is 17.9. The summed E-state index contributed by atoms with van der Waals surface area (Å²) in [4.78, 5) is 24.5. The molecule has 0 radical (unpaired) electrons. The van der Waals surface area contributed by atoms with Crippen molar-refractivity contribution in [3.05, 3.63) is 66.1 Å². The van der Waals surface area contributed by atoms with Gasteiger partial charge in [0.05, 0.1) is 23.0 Å². The van der Waals surface area contributed by atoms with Gasteiger partial charge in [0.2, 0.25) is 0 Å². The number of aromatic nitrogens is 6. The Kier molecular flexibility index (Phi) is 3.82. The molecule has 4 rings (SSSR count). The largest absolute Gasteiger partial charge is 0.277 e. The van der Waals surface area contributed by atoms with Gasteiger partial charge in [0.25, 0.3) is 11.8 Å². The minimum atomic E-state index is -0.446. The van der Waals surface area contributed by atoms with E-state index in [1.807, 2.05) is 6.07 Å². The van der Waals surface area contributed by atoms with Crippen LogP contribution in [0.25, 0.3) is 16.6 Å². The van der Waals surface area contributed by atoms with Gasteiger partial charge in [-0.25, -0.2) is 4.68 Å². The number of nitrogens with one attached hydrogen (secondary N) is 3. The lowest BCUT2D eigenvalue weighted by atomic mass is 10.1. The molecule has 26 heavy (non-hydrogen) atoms. The summed E-state index contributed by atoms with van der Waals surface area (Å²) in [7, 11) is 0. The van der Waals surface area contributed by atoms with E-state index in [1.165, 1.54) is 11.0 Å². The number of benzene rings is 2. The molecule has 2 amide bonds. The maximum absolute atomic E-state index is 12.3. The molecular formula is C16H12N8O2. The van der Waals surface area contributed by atoms with Crippen LogP contribution in [0.4, 0.5) is 0 Å². The second kappa shape index (κ2) is 6.43. The molecule has 0 aliphatic heterocycles. The highest BCUT2D eigenvalue weighted by molar-refractivity contribution is 6.06. The first kappa shape index (κ1) is 15.4. The predicted octanol–water partition coefficient (Wildman–Crippen LogP) is 0.613. The Morgan fingerprint density at radius 2 is 1.81 bits per heavy atom. The van der Waals surface area contributed by atoms with Crippen molar-refractivity contribution in [3.63, 3.8) is 0 Å². The number of amides is 2. The summed E-state index contributed by atoms with van der Waals surface area (Å²) >= 11 is 0. The van der Waals surface area contributed by atoms with Crippen LogP contribution in [0.1, 0.15) is 20.7 Å². The van der Waals surface area contributed by atoms with Crippen molar-refractivity contribution in [3.8, 4) is 5.69 Å². The Balaban J connectivity index is 1.43. The number of nitrogens with zero attached hydrogens (tertiary/aromatic N) is 5. The topological polar surface area (TPSA) is 130 Å². The summed E-state index contributed by atoms with van der Waals surface area (Å²) in [6, 6.07) is 11.8. The molecule has 0 unspecified atom stereocenters. The van der Waals surface area contributed by atoms with Gasteiger partial charge in [-0.1, -0.05) is 12.1 Å². The van der Waals surface area contributed by atoms with E-state index in [0.29, 0.717) is 22.3 Å². The van der Waals surface area contributed by atoms with Crippen LogP contribution in [-0.4, -0.2) is 42.2 Å². The van der Waals surface area contributed by atoms with Crippen LogP contribution < -0.4 is 10.9 Å². The van der Waals surface area contributed by atoms with Crippen LogP contribution in [-0.2, 0) is 0 Å². The van der Waals surface area contributed by atoms with E-state index >= 15 is 0 Å². The molecule has 2 aromatic heterocycles. The normalized spacial score (nSPS) is 10.6. The van der Waals surface area contributed by atoms with E-state index in [2.05, 4.69) is 36.6 Å². The molecule has 3 N–H and O–H groups in total. The second-order valence-corrected chi connectivity index (χ2v) is 5.35. The highest BCUT2D eigenvalue weighted by Gasteiger charge is 2.13. The van der Waals surface area contributed by atoms with Gasteiger partial charge >= 0.3 is 0 Å². The van der Waals surface area contributed by atoms with Crippen LogP contribution in [0.3, 0.4) is 0 Å². The lowest BCUT2D eigenvalue weighted by molar-refractivity contribution is 0.0847. The Labute approximate surface area is 146 Å². The van der Waals surface area contributed by atoms with Crippen molar-refractivity contribution < 1.29 is 9.59 Å². The van der Waals surface area contributed by atoms with E-state index in [9.17, 15) is 9.59 Å². The first-order chi connectivity index (χ1) is 12.7. The van der Waals surface area contributed by atoms with Crippen LogP contribution >= 0.6 is 0 Å². The average Bonchev–Trinajstić information content (AvgIpc) is 3.37. The lowest BCUT2D eigenvalue weighted by Gasteiger charge is -2.08. The smallest absolute Gasteiger partial charge is 0.271 e.